The molecule has 1 aromatic carbocycles. The van der Waals surface area contributed by atoms with E-state index in [0.717, 1.165) is 18.4 Å². The van der Waals surface area contributed by atoms with E-state index in [4.69, 9.17) is 4.74 Å². The molecule has 1 aliphatic rings. The molecular weight excluding hydrogens is 188 g/mol. The maximum absolute atomic E-state index is 12.0. The zero-order chi connectivity index (χ0) is 10.9. The first-order valence-corrected chi connectivity index (χ1v) is 5.36. The number of benzene rings is 1. The molecule has 2 nitrogen and oxygen atoms in total. The summed E-state index contributed by atoms with van der Waals surface area (Å²) in [6.45, 7) is 4.07. The van der Waals surface area contributed by atoms with E-state index in [9.17, 15) is 4.79 Å². The van der Waals surface area contributed by atoms with E-state index in [1.165, 1.54) is 0 Å². The Balaban J connectivity index is 2.11. The highest BCUT2D eigenvalue weighted by Crippen LogP contribution is 2.30. The molecule has 80 valence electrons. The van der Waals surface area contributed by atoms with E-state index < -0.39 is 0 Å². The molecule has 2 heteroatoms. The van der Waals surface area contributed by atoms with Gasteiger partial charge >= 0.3 is 0 Å². The lowest BCUT2D eigenvalue weighted by Crippen LogP contribution is -2.25. The molecule has 0 amide bonds. The lowest BCUT2D eigenvalue weighted by molar-refractivity contribution is -0.00725. The van der Waals surface area contributed by atoms with Crippen LogP contribution in [0.25, 0.3) is 0 Å². The monoisotopic (exact) mass is 204 g/mol. The van der Waals surface area contributed by atoms with Crippen LogP contribution in [0.3, 0.4) is 0 Å². The van der Waals surface area contributed by atoms with Crippen molar-refractivity contribution in [2.45, 2.75) is 38.4 Å². The third-order valence-corrected chi connectivity index (χ3v) is 2.82. The quantitative estimate of drug-likeness (QED) is 0.692. The van der Waals surface area contributed by atoms with Crippen LogP contribution in [0.15, 0.2) is 30.3 Å². The molecule has 1 fully saturated rings. The van der Waals surface area contributed by atoms with E-state index in [-0.39, 0.29) is 17.5 Å². The van der Waals surface area contributed by atoms with Crippen molar-refractivity contribution in [2.24, 2.45) is 0 Å². The first-order valence-electron chi connectivity index (χ1n) is 5.36. The second-order valence-electron chi connectivity index (χ2n) is 4.64. The van der Waals surface area contributed by atoms with Crippen molar-refractivity contribution < 1.29 is 9.53 Å². The molecule has 0 aliphatic carbocycles. The minimum Gasteiger partial charge on any atom is -0.364 e. The topological polar surface area (TPSA) is 26.3 Å². The Labute approximate surface area is 90.3 Å². The fraction of sp³-hybridized carbons (Fsp3) is 0.462. The van der Waals surface area contributed by atoms with Crippen LogP contribution in [-0.2, 0) is 4.74 Å². The van der Waals surface area contributed by atoms with Crippen LogP contribution in [0, 0.1) is 0 Å². The summed E-state index contributed by atoms with van der Waals surface area (Å²) in [5.74, 6) is 0.112. The zero-order valence-electron chi connectivity index (χ0n) is 9.19. The fourth-order valence-electron chi connectivity index (χ4n) is 1.95. The van der Waals surface area contributed by atoms with Gasteiger partial charge in [0.15, 0.2) is 5.78 Å². The summed E-state index contributed by atoms with van der Waals surface area (Å²) < 4.78 is 5.72. The molecule has 1 aromatic rings. The molecule has 0 radical (unpaired) electrons. The summed E-state index contributed by atoms with van der Waals surface area (Å²) >= 11 is 0. The Bertz CT molecular complexity index is 354. The largest absolute Gasteiger partial charge is 0.364 e. The Morgan fingerprint density at radius 1 is 1.33 bits per heavy atom. The average molecular weight is 204 g/mol. The summed E-state index contributed by atoms with van der Waals surface area (Å²) in [6, 6.07) is 9.37. The van der Waals surface area contributed by atoms with Gasteiger partial charge in [-0.25, -0.2) is 0 Å². The maximum atomic E-state index is 12.0. The van der Waals surface area contributed by atoms with Gasteiger partial charge < -0.3 is 4.74 Å². The van der Waals surface area contributed by atoms with Crippen molar-refractivity contribution in [1.82, 2.24) is 0 Å². The minimum absolute atomic E-state index is 0.112. The normalized spacial score (nSPS) is 24.0. The van der Waals surface area contributed by atoms with Gasteiger partial charge in [-0.1, -0.05) is 30.3 Å². The summed E-state index contributed by atoms with van der Waals surface area (Å²) in [6.07, 6.45) is 1.54. The van der Waals surface area contributed by atoms with E-state index in [1.807, 2.05) is 44.2 Å². The molecule has 0 aromatic heterocycles. The van der Waals surface area contributed by atoms with Crippen molar-refractivity contribution in [3.8, 4) is 0 Å². The second-order valence-corrected chi connectivity index (χ2v) is 4.64. The van der Waals surface area contributed by atoms with E-state index in [0.29, 0.717) is 0 Å². The molecule has 0 saturated carbocycles. The Morgan fingerprint density at radius 3 is 2.53 bits per heavy atom. The highest BCUT2D eigenvalue weighted by atomic mass is 16.5. The highest BCUT2D eigenvalue weighted by molar-refractivity contribution is 5.99. The van der Waals surface area contributed by atoms with Crippen LogP contribution in [0.5, 0.6) is 0 Å². The first-order chi connectivity index (χ1) is 7.08. The number of rotatable bonds is 2. The lowest BCUT2D eigenvalue weighted by Gasteiger charge is -2.18. The van der Waals surface area contributed by atoms with E-state index >= 15 is 0 Å². The number of carbonyl (C=O) groups excluding carboxylic acids is 1. The fourth-order valence-corrected chi connectivity index (χ4v) is 1.95. The number of Topliss-reactive ketones (excluding diaryl/α,β-unsaturated/α-hetero) is 1. The van der Waals surface area contributed by atoms with Crippen molar-refractivity contribution >= 4 is 5.78 Å². The van der Waals surface area contributed by atoms with Crippen LogP contribution in [0.1, 0.15) is 37.0 Å². The number of ether oxygens (including phenoxy) is 1. The third-order valence-electron chi connectivity index (χ3n) is 2.82. The van der Waals surface area contributed by atoms with Gasteiger partial charge in [0.05, 0.1) is 5.60 Å². The smallest absolute Gasteiger partial charge is 0.191 e. The van der Waals surface area contributed by atoms with Gasteiger partial charge in [-0.05, 0) is 26.7 Å². The van der Waals surface area contributed by atoms with Gasteiger partial charge in [-0.3, -0.25) is 4.79 Å². The van der Waals surface area contributed by atoms with Gasteiger partial charge in [-0.15, -0.1) is 0 Å². The SMILES string of the molecule is CC1(C)CC[C@@H](C(=O)c2ccccc2)O1. The standard InChI is InChI=1S/C13H16O2/c1-13(2)9-8-11(15-13)12(14)10-6-4-3-5-7-10/h3-7,11H,8-9H2,1-2H3/t11-/m0/s1. The number of hydrogen-bond acceptors (Lipinski definition) is 2. The molecule has 0 spiro atoms. The number of ketones is 1. The third kappa shape index (κ3) is 2.26. The second kappa shape index (κ2) is 3.78. The number of carbonyl (C=O) groups is 1. The van der Waals surface area contributed by atoms with Gasteiger partial charge in [0.1, 0.15) is 6.10 Å². The van der Waals surface area contributed by atoms with Crippen LogP contribution in [0.2, 0.25) is 0 Å². The minimum atomic E-state index is -0.248. The Morgan fingerprint density at radius 2 is 2.00 bits per heavy atom. The van der Waals surface area contributed by atoms with Gasteiger partial charge in [0, 0.05) is 5.56 Å². The maximum Gasteiger partial charge on any atom is 0.191 e. The van der Waals surface area contributed by atoms with E-state index in [1.54, 1.807) is 0 Å². The molecule has 1 heterocycles. The van der Waals surface area contributed by atoms with Crippen molar-refractivity contribution in [3.63, 3.8) is 0 Å². The van der Waals surface area contributed by atoms with Crippen molar-refractivity contribution in [2.75, 3.05) is 0 Å². The summed E-state index contributed by atoms with van der Waals surface area (Å²) in [4.78, 5) is 12.0. The molecule has 2 rings (SSSR count). The van der Waals surface area contributed by atoms with Crippen molar-refractivity contribution in [3.05, 3.63) is 35.9 Å². The van der Waals surface area contributed by atoms with Gasteiger partial charge in [0.25, 0.3) is 0 Å². The zero-order valence-corrected chi connectivity index (χ0v) is 9.19. The summed E-state index contributed by atoms with van der Waals surface area (Å²) in [5, 5.41) is 0. The van der Waals surface area contributed by atoms with Crippen LogP contribution >= 0.6 is 0 Å². The van der Waals surface area contributed by atoms with Crippen LogP contribution in [0.4, 0.5) is 0 Å². The lowest BCUT2D eigenvalue weighted by atomic mass is 10.0. The van der Waals surface area contributed by atoms with Gasteiger partial charge in [0.2, 0.25) is 0 Å². The molecule has 15 heavy (non-hydrogen) atoms. The van der Waals surface area contributed by atoms with Crippen molar-refractivity contribution in [1.29, 1.82) is 0 Å². The highest BCUT2D eigenvalue weighted by Gasteiger charge is 2.35. The first kappa shape index (κ1) is 10.4. The average Bonchev–Trinajstić information content (AvgIpc) is 2.59. The Kier molecular flexibility index (Phi) is 2.61. The summed E-state index contributed by atoms with van der Waals surface area (Å²) in [7, 11) is 0. The Hall–Kier alpha value is -1.15. The molecule has 0 N–H and O–H groups in total. The molecular formula is C13H16O2. The molecule has 0 unspecified atom stereocenters. The molecule has 1 atom stereocenters. The van der Waals surface area contributed by atoms with Crippen LogP contribution in [-0.4, -0.2) is 17.5 Å². The number of hydrogen-bond donors (Lipinski definition) is 0. The van der Waals surface area contributed by atoms with Crippen LogP contribution < -0.4 is 0 Å². The molecule has 1 saturated heterocycles. The summed E-state index contributed by atoms with van der Waals surface area (Å²) in [5.41, 5.74) is 0.606. The van der Waals surface area contributed by atoms with Gasteiger partial charge in [-0.2, -0.15) is 0 Å². The predicted molar refractivity (Wildman–Crippen MR) is 59.0 cm³/mol. The predicted octanol–water partition coefficient (Wildman–Crippen LogP) is 2.83. The molecule has 1 aliphatic heterocycles. The molecule has 0 bridgehead atoms. The van der Waals surface area contributed by atoms with E-state index in [2.05, 4.69) is 0 Å².